The summed E-state index contributed by atoms with van der Waals surface area (Å²) >= 11 is 0. The van der Waals surface area contributed by atoms with Gasteiger partial charge in [0.2, 0.25) is 0 Å². The van der Waals surface area contributed by atoms with Crippen LogP contribution >= 0.6 is 0 Å². The molecule has 0 spiro atoms. The van der Waals surface area contributed by atoms with Crippen LogP contribution in [-0.4, -0.2) is 39.4 Å². The first-order valence-corrected chi connectivity index (χ1v) is 10.9. The molecular formula is C23H26F3N5O3. The van der Waals surface area contributed by atoms with Gasteiger partial charge >= 0.3 is 12.2 Å². The van der Waals surface area contributed by atoms with Crippen LogP contribution in [0.2, 0.25) is 0 Å². The van der Waals surface area contributed by atoms with Crippen LogP contribution in [0.5, 0.6) is 5.75 Å². The molecular weight excluding hydrogens is 451 g/mol. The van der Waals surface area contributed by atoms with Crippen LogP contribution in [0.4, 0.5) is 23.7 Å². The maximum Gasteiger partial charge on any atom is 0.405 e. The molecule has 1 fully saturated rings. The molecule has 1 atom stereocenters. The summed E-state index contributed by atoms with van der Waals surface area (Å²) in [5, 5.41) is 13.8. The number of nitrogens with zero attached hydrogens (tertiary/aromatic N) is 2. The summed E-state index contributed by atoms with van der Waals surface area (Å²) < 4.78 is 44.9. The lowest BCUT2D eigenvalue weighted by Gasteiger charge is -2.16. The van der Waals surface area contributed by atoms with Gasteiger partial charge in [-0.15, -0.1) is 0 Å². The number of rotatable bonds is 8. The standard InChI is InChI=1S/C23H26F3N5O3/c1-13(2)34-18-8-16(7-17(10-18)29-22(32)28-12-23(24,25)26)19-11-27-20-9-15(5-6-31(19)20)21(30-33)14-3-4-14/h5-11,13-14,21,30,33H,3-4,12H2,1-2H3,(H2,28,29,32). The summed E-state index contributed by atoms with van der Waals surface area (Å²) in [6, 6.07) is 7.63. The molecule has 2 heterocycles. The Morgan fingerprint density at radius 2 is 2.03 bits per heavy atom. The average molecular weight is 477 g/mol. The van der Waals surface area contributed by atoms with E-state index in [4.69, 9.17) is 4.74 Å². The molecule has 1 aliphatic rings. The normalized spacial score (nSPS) is 14.9. The molecule has 0 bridgehead atoms. The van der Waals surface area contributed by atoms with Crippen molar-refractivity contribution < 1.29 is 27.9 Å². The van der Waals surface area contributed by atoms with E-state index < -0.39 is 18.8 Å². The highest BCUT2D eigenvalue weighted by Gasteiger charge is 2.32. The number of carbonyl (C=O) groups is 1. The van der Waals surface area contributed by atoms with E-state index in [9.17, 15) is 23.2 Å². The smallest absolute Gasteiger partial charge is 0.405 e. The number of hydrogen-bond acceptors (Lipinski definition) is 5. The number of benzene rings is 1. The number of nitrogens with one attached hydrogen (secondary N) is 3. The number of aromatic nitrogens is 2. The van der Waals surface area contributed by atoms with E-state index >= 15 is 0 Å². The third kappa shape index (κ3) is 5.78. The fourth-order valence-corrected chi connectivity index (χ4v) is 3.80. The Labute approximate surface area is 194 Å². The number of amides is 2. The van der Waals surface area contributed by atoms with Gasteiger partial charge in [0.25, 0.3) is 0 Å². The predicted octanol–water partition coefficient (Wildman–Crippen LogP) is 4.90. The van der Waals surface area contributed by atoms with Gasteiger partial charge in [0, 0.05) is 23.5 Å². The zero-order valence-corrected chi connectivity index (χ0v) is 18.7. The van der Waals surface area contributed by atoms with Gasteiger partial charge in [-0.2, -0.15) is 18.7 Å². The van der Waals surface area contributed by atoms with Crippen molar-refractivity contribution in [2.24, 2.45) is 5.92 Å². The van der Waals surface area contributed by atoms with Gasteiger partial charge in [-0.25, -0.2) is 9.78 Å². The number of urea groups is 1. The van der Waals surface area contributed by atoms with Crippen LogP contribution in [0.15, 0.2) is 42.7 Å². The number of pyridine rings is 1. The number of ether oxygens (including phenoxy) is 1. The van der Waals surface area contributed by atoms with Crippen LogP contribution in [0.1, 0.15) is 38.3 Å². The summed E-state index contributed by atoms with van der Waals surface area (Å²) in [5.74, 6) is 0.840. The highest BCUT2D eigenvalue weighted by Crippen LogP contribution is 2.41. The Morgan fingerprint density at radius 1 is 1.26 bits per heavy atom. The molecule has 34 heavy (non-hydrogen) atoms. The van der Waals surface area contributed by atoms with Crippen molar-refractivity contribution in [2.45, 2.75) is 45.0 Å². The van der Waals surface area contributed by atoms with Crippen molar-refractivity contribution in [3.63, 3.8) is 0 Å². The second kappa shape index (κ2) is 9.51. The second-order valence-electron chi connectivity index (χ2n) is 8.61. The summed E-state index contributed by atoms with van der Waals surface area (Å²) in [7, 11) is 0. The fourth-order valence-electron chi connectivity index (χ4n) is 3.80. The Kier molecular flexibility index (Phi) is 6.67. The topological polar surface area (TPSA) is 99.9 Å². The first kappa shape index (κ1) is 23.8. The monoisotopic (exact) mass is 477 g/mol. The van der Waals surface area contributed by atoms with E-state index in [0.29, 0.717) is 28.6 Å². The third-order valence-corrected chi connectivity index (χ3v) is 5.41. The Balaban J connectivity index is 1.64. The molecule has 3 aromatic rings. The van der Waals surface area contributed by atoms with Gasteiger partial charge in [0.05, 0.1) is 24.0 Å². The Bertz CT molecular complexity index is 1170. The molecule has 2 amide bonds. The van der Waals surface area contributed by atoms with Gasteiger partial charge in [0.15, 0.2) is 0 Å². The van der Waals surface area contributed by atoms with Gasteiger partial charge in [-0.3, -0.25) is 4.40 Å². The summed E-state index contributed by atoms with van der Waals surface area (Å²) in [4.78, 5) is 16.5. The number of imidazole rings is 1. The van der Waals surface area contributed by atoms with Crippen molar-refractivity contribution in [1.82, 2.24) is 20.2 Å². The van der Waals surface area contributed by atoms with Crippen LogP contribution < -0.4 is 20.9 Å². The van der Waals surface area contributed by atoms with Crippen molar-refractivity contribution in [3.05, 3.63) is 48.3 Å². The number of carbonyl (C=O) groups excluding carboxylic acids is 1. The summed E-state index contributed by atoms with van der Waals surface area (Å²) in [6.45, 7) is 2.25. The van der Waals surface area contributed by atoms with Gasteiger partial charge in [0.1, 0.15) is 17.9 Å². The van der Waals surface area contributed by atoms with Crippen molar-refractivity contribution in [2.75, 3.05) is 11.9 Å². The summed E-state index contributed by atoms with van der Waals surface area (Å²) in [5.41, 5.74) is 5.61. The zero-order chi connectivity index (χ0) is 24.5. The van der Waals surface area contributed by atoms with E-state index in [1.54, 1.807) is 29.7 Å². The van der Waals surface area contributed by atoms with Crippen LogP contribution in [0.25, 0.3) is 16.9 Å². The van der Waals surface area contributed by atoms with E-state index in [1.807, 2.05) is 36.6 Å². The molecule has 1 unspecified atom stereocenters. The molecule has 1 aliphatic carbocycles. The maximum atomic E-state index is 12.4. The highest BCUT2D eigenvalue weighted by atomic mass is 19.4. The van der Waals surface area contributed by atoms with Crippen molar-refractivity contribution in [3.8, 4) is 17.0 Å². The van der Waals surface area contributed by atoms with E-state index in [0.717, 1.165) is 18.4 Å². The Morgan fingerprint density at radius 3 is 2.68 bits per heavy atom. The molecule has 4 rings (SSSR count). The molecule has 1 aromatic carbocycles. The lowest BCUT2D eigenvalue weighted by Crippen LogP contribution is -2.36. The lowest BCUT2D eigenvalue weighted by molar-refractivity contribution is -0.122. The number of hydroxylamine groups is 1. The van der Waals surface area contributed by atoms with Gasteiger partial charge in [-0.1, -0.05) is 0 Å². The fraction of sp³-hybridized carbons (Fsp3) is 0.391. The summed E-state index contributed by atoms with van der Waals surface area (Å²) in [6.07, 6.45) is 0.955. The molecule has 0 aliphatic heterocycles. The minimum Gasteiger partial charge on any atom is -0.491 e. The van der Waals surface area contributed by atoms with Crippen LogP contribution in [0.3, 0.4) is 0 Å². The first-order valence-electron chi connectivity index (χ1n) is 10.9. The van der Waals surface area contributed by atoms with E-state index in [-0.39, 0.29) is 17.8 Å². The molecule has 8 nitrogen and oxygen atoms in total. The van der Waals surface area contributed by atoms with E-state index in [1.165, 1.54) is 0 Å². The largest absolute Gasteiger partial charge is 0.491 e. The zero-order valence-electron chi connectivity index (χ0n) is 18.7. The number of anilines is 1. The van der Waals surface area contributed by atoms with Gasteiger partial charge < -0.3 is 20.6 Å². The van der Waals surface area contributed by atoms with Crippen molar-refractivity contribution in [1.29, 1.82) is 0 Å². The molecule has 4 N–H and O–H groups in total. The lowest BCUT2D eigenvalue weighted by atomic mass is 10.0. The number of hydrogen-bond donors (Lipinski definition) is 4. The predicted molar refractivity (Wildman–Crippen MR) is 120 cm³/mol. The number of alkyl halides is 3. The molecule has 11 heteroatoms. The molecule has 0 saturated heterocycles. The molecule has 1 saturated carbocycles. The Hall–Kier alpha value is -3.31. The number of fused-ring (bicyclic) bond motifs is 1. The quantitative estimate of drug-likeness (QED) is 0.346. The molecule has 182 valence electrons. The van der Waals surface area contributed by atoms with Crippen LogP contribution in [-0.2, 0) is 0 Å². The average Bonchev–Trinajstić information content (AvgIpc) is 3.49. The molecule has 2 aromatic heterocycles. The maximum absolute atomic E-state index is 12.4. The van der Waals surface area contributed by atoms with E-state index in [2.05, 4.69) is 15.8 Å². The minimum atomic E-state index is -4.51. The third-order valence-electron chi connectivity index (χ3n) is 5.41. The highest BCUT2D eigenvalue weighted by molar-refractivity contribution is 5.90. The van der Waals surface area contributed by atoms with Crippen LogP contribution in [0, 0.1) is 5.92 Å². The molecule has 0 radical (unpaired) electrons. The minimum absolute atomic E-state index is 0.154. The van der Waals surface area contributed by atoms with Crippen molar-refractivity contribution >= 4 is 17.4 Å². The first-order chi connectivity index (χ1) is 16.1. The van der Waals surface area contributed by atoms with Gasteiger partial charge in [-0.05, 0) is 62.4 Å². The second-order valence-corrected chi connectivity index (χ2v) is 8.61. The SMILES string of the molecule is CC(C)Oc1cc(NC(=O)NCC(F)(F)F)cc(-c2cnc3cc(C(NO)C4CC4)ccn23)c1. The number of halogens is 3.